The Balaban J connectivity index is 1.50. The summed E-state index contributed by atoms with van der Waals surface area (Å²) < 4.78 is 28.2. The first-order valence-electron chi connectivity index (χ1n) is 9.65. The lowest BCUT2D eigenvalue weighted by Crippen LogP contribution is -2.48. The quantitative estimate of drug-likeness (QED) is 0.713. The van der Waals surface area contributed by atoms with Gasteiger partial charge >= 0.3 is 0 Å². The summed E-state index contributed by atoms with van der Waals surface area (Å²) in [6, 6.07) is 9.25. The zero-order valence-electron chi connectivity index (χ0n) is 16.8. The number of carbonyl (C=O) groups is 1. The molecule has 2 heterocycles. The van der Waals surface area contributed by atoms with Crippen LogP contribution in [0.2, 0.25) is 0 Å². The first-order chi connectivity index (χ1) is 14.4. The molecule has 9 heteroatoms. The Morgan fingerprint density at radius 1 is 0.967 bits per heavy atom. The number of aryl methyl sites for hydroxylation is 1. The molecule has 0 radical (unpaired) electrons. The number of nitrogens with one attached hydrogen (secondary N) is 1. The third-order valence-corrected chi connectivity index (χ3v) is 5.01. The average molecular weight is 412 g/mol. The van der Waals surface area contributed by atoms with Crippen molar-refractivity contribution in [2.24, 2.45) is 0 Å². The first kappa shape index (κ1) is 19.8. The topological polar surface area (TPSA) is 66.3 Å². The number of hydrogen-bond donors (Lipinski definition) is 1. The molecule has 4 rings (SSSR count). The monoisotopic (exact) mass is 412 g/mol. The highest BCUT2D eigenvalue weighted by Gasteiger charge is 2.19. The fourth-order valence-electron chi connectivity index (χ4n) is 3.54. The van der Waals surface area contributed by atoms with E-state index in [-0.39, 0.29) is 11.6 Å². The Hall–Kier alpha value is -3.49. The van der Waals surface area contributed by atoms with Crippen LogP contribution in [0.1, 0.15) is 12.5 Å². The Bertz CT molecular complexity index is 1050. The normalized spacial score (nSPS) is 14.1. The minimum Gasteiger partial charge on any atom is -0.368 e. The molecule has 1 N–H and O–H groups in total. The van der Waals surface area contributed by atoms with E-state index in [1.54, 1.807) is 6.92 Å². The SMILES string of the molecule is CC(=O)N1CCN(c2cc(C)cc(Nc3ncn(-c4cc(F)cc(F)c4)n3)c2)CC1. The van der Waals surface area contributed by atoms with Crippen LogP contribution in [0.25, 0.3) is 5.69 Å². The van der Waals surface area contributed by atoms with E-state index in [0.717, 1.165) is 36.1 Å². The van der Waals surface area contributed by atoms with E-state index in [1.807, 2.05) is 24.0 Å². The van der Waals surface area contributed by atoms with Gasteiger partial charge < -0.3 is 15.1 Å². The van der Waals surface area contributed by atoms with Gasteiger partial charge in [-0.1, -0.05) is 0 Å². The number of halogens is 2. The van der Waals surface area contributed by atoms with Gasteiger partial charge in [-0.05, 0) is 42.8 Å². The summed E-state index contributed by atoms with van der Waals surface area (Å²) in [4.78, 5) is 19.8. The number of hydrogen-bond acceptors (Lipinski definition) is 5. The molecular formula is C21H22F2N6O. The van der Waals surface area contributed by atoms with Crippen LogP contribution in [-0.2, 0) is 4.79 Å². The van der Waals surface area contributed by atoms with Crippen LogP contribution in [0, 0.1) is 18.6 Å². The maximum atomic E-state index is 13.5. The van der Waals surface area contributed by atoms with Crippen LogP contribution in [0.3, 0.4) is 0 Å². The maximum Gasteiger partial charge on any atom is 0.246 e. The van der Waals surface area contributed by atoms with E-state index in [0.29, 0.717) is 19.0 Å². The Kier molecular flexibility index (Phi) is 5.35. The lowest BCUT2D eigenvalue weighted by atomic mass is 10.1. The van der Waals surface area contributed by atoms with Crippen molar-refractivity contribution in [1.29, 1.82) is 0 Å². The summed E-state index contributed by atoms with van der Waals surface area (Å²) >= 11 is 0. The predicted molar refractivity (Wildman–Crippen MR) is 110 cm³/mol. The fraction of sp³-hybridized carbons (Fsp3) is 0.286. The molecule has 1 aliphatic rings. The summed E-state index contributed by atoms with van der Waals surface area (Å²) in [5.74, 6) is -0.940. The number of anilines is 3. The minimum absolute atomic E-state index is 0.0982. The molecule has 1 amide bonds. The number of piperazine rings is 1. The zero-order chi connectivity index (χ0) is 21.3. The molecule has 0 atom stereocenters. The number of amides is 1. The second-order valence-electron chi connectivity index (χ2n) is 7.32. The highest BCUT2D eigenvalue weighted by molar-refractivity contribution is 5.73. The summed E-state index contributed by atoms with van der Waals surface area (Å²) in [5, 5.41) is 7.41. The molecule has 0 unspecified atom stereocenters. The number of benzene rings is 2. The average Bonchev–Trinajstić information content (AvgIpc) is 3.15. The summed E-state index contributed by atoms with van der Waals surface area (Å²) in [5.41, 5.74) is 3.17. The second kappa shape index (κ2) is 8.10. The van der Waals surface area contributed by atoms with Crippen molar-refractivity contribution in [2.75, 3.05) is 36.4 Å². The Morgan fingerprint density at radius 3 is 2.33 bits per heavy atom. The van der Waals surface area contributed by atoms with Crippen molar-refractivity contribution in [3.05, 3.63) is 59.9 Å². The van der Waals surface area contributed by atoms with Crippen LogP contribution in [-0.4, -0.2) is 51.8 Å². The molecule has 1 saturated heterocycles. The number of aromatic nitrogens is 3. The smallest absolute Gasteiger partial charge is 0.246 e. The van der Waals surface area contributed by atoms with Gasteiger partial charge in [0.25, 0.3) is 0 Å². The van der Waals surface area contributed by atoms with Crippen molar-refractivity contribution in [3.8, 4) is 5.69 Å². The molecule has 0 aliphatic carbocycles. The van der Waals surface area contributed by atoms with Crippen LogP contribution >= 0.6 is 0 Å². The van der Waals surface area contributed by atoms with Crippen LogP contribution < -0.4 is 10.2 Å². The lowest BCUT2D eigenvalue weighted by molar-refractivity contribution is -0.129. The largest absolute Gasteiger partial charge is 0.368 e. The van der Waals surface area contributed by atoms with Gasteiger partial charge in [-0.3, -0.25) is 4.79 Å². The van der Waals surface area contributed by atoms with Gasteiger partial charge in [0.15, 0.2) is 0 Å². The molecule has 0 spiro atoms. The molecule has 2 aromatic carbocycles. The number of nitrogens with zero attached hydrogens (tertiary/aromatic N) is 5. The van der Waals surface area contributed by atoms with Crippen molar-refractivity contribution >= 4 is 23.2 Å². The molecule has 3 aromatic rings. The lowest BCUT2D eigenvalue weighted by Gasteiger charge is -2.36. The predicted octanol–water partition coefficient (Wildman–Crippen LogP) is 3.27. The highest BCUT2D eigenvalue weighted by atomic mass is 19.1. The zero-order valence-corrected chi connectivity index (χ0v) is 16.8. The van der Waals surface area contributed by atoms with E-state index in [1.165, 1.54) is 23.1 Å². The van der Waals surface area contributed by atoms with Gasteiger partial charge in [0, 0.05) is 50.5 Å². The van der Waals surface area contributed by atoms with E-state index in [2.05, 4.69) is 26.4 Å². The molecule has 1 fully saturated rings. The first-order valence-corrected chi connectivity index (χ1v) is 9.65. The van der Waals surface area contributed by atoms with Crippen LogP contribution in [0.5, 0.6) is 0 Å². The van der Waals surface area contributed by atoms with Crippen molar-refractivity contribution in [1.82, 2.24) is 19.7 Å². The molecule has 0 saturated carbocycles. The van der Waals surface area contributed by atoms with Crippen molar-refractivity contribution in [3.63, 3.8) is 0 Å². The van der Waals surface area contributed by atoms with E-state index < -0.39 is 11.6 Å². The Labute approximate surface area is 172 Å². The second-order valence-corrected chi connectivity index (χ2v) is 7.32. The summed E-state index contributed by atoms with van der Waals surface area (Å²) in [7, 11) is 0. The highest BCUT2D eigenvalue weighted by Crippen LogP contribution is 2.25. The van der Waals surface area contributed by atoms with Crippen molar-refractivity contribution < 1.29 is 13.6 Å². The van der Waals surface area contributed by atoms with Gasteiger partial charge in [0.05, 0.1) is 5.69 Å². The summed E-state index contributed by atoms with van der Waals surface area (Å²) in [6.45, 7) is 6.52. The minimum atomic E-state index is -0.678. The fourth-order valence-corrected chi connectivity index (χ4v) is 3.54. The molecule has 1 aliphatic heterocycles. The Morgan fingerprint density at radius 2 is 1.67 bits per heavy atom. The number of carbonyl (C=O) groups excluding carboxylic acids is 1. The maximum absolute atomic E-state index is 13.5. The van der Waals surface area contributed by atoms with Crippen LogP contribution in [0.15, 0.2) is 42.7 Å². The molecule has 30 heavy (non-hydrogen) atoms. The van der Waals surface area contributed by atoms with Crippen molar-refractivity contribution in [2.45, 2.75) is 13.8 Å². The summed E-state index contributed by atoms with van der Waals surface area (Å²) in [6.07, 6.45) is 1.40. The van der Waals surface area contributed by atoms with E-state index in [4.69, 9.17) is 0 Å². The molecule has 156 valence electrons. The standard InChI is InChI=1S/C21H22F2N6O/c1-14-7-18(12-19(8-14)28-5-3-27(4-6-28)15(2)30)25-21-24-13-29(26-21)20-10-16(22)9-17(23)11-20/h7-13H,3-6H2,1-2H3,(H,25,26). The van der Waals surface area contributed by atoms with Gasteiger partial charge in [-0.15, -0.1) is 5.10 Å². The van der Waals surface area contributed by atoms with E-state index in [9.17, 15) is 13.6 Å². The third kappa shape index (κ3) is 4.40. The van der Waals surface area contributed by atoms with E-state index >= 15 is 0 Å². The van der Waals surface area contributed by atoms with Gasteiger partial charge in [0.1, 0.15) is 18.0 Å². The molecule has 7 nitrogen and oxygen atoms in total. The van der Waals surface area contributed by atoms with Gasteiger partial charge in [-0.25, -0.2) is 13.5 Å². The molecule has 0 bridgehead atoms. The third-order valence-electron chi connectivity index (χ3n) is 5.01. The van der Waals surface area contributed by atoms with Crippen LogP contribution in [0.4, 0.5) is 26.1 Å². The number of rotatable bonds is 4. The van der Waals surface area contributed by atoms with Gasteiger partial charge in [-0.2, -0.15) is 4.98 Å². The molecular weight excluding hydrogens is 390 g/mol. The van der Waals surface area contributed by atoms with Gasteiger partial charge in [0.2, 0.25) is 11.9 Å². The molecule has 1 aromatic heterocycles.